The van der Waals surface area contributed by atoms with Gasteiger partial charge in [-0.25, -0.2) is 4.98 Å². The molecule has 6 heteroatoms. The number of ether oxygens (including phenoxy) is 1. The van der Waals surface area contributed by atoms with E-state index < -0.39 is 0 Å². The Kier molecular flexibility index (Phi) is 5.46. The highest BCUT2D eigenvalue weighted by Gasteiger charge is 2.25. The zero-order valence-corrected chi connectivity index (χ0v) is 16.7. The first-order valence-electron chi connectivity index (χ1n) is 10.2. The fourth-order valence-electron chi connectivity index (χ4n) is 3.95. The lowest BCUT2D eigenvalue weighted by atomic mass is 9.95. The largest absolute Gasteiger partial charge is 0.488 e. The van der Waals surface area contributed by atoms with Crippen LogP contribution in [0.15, 0.2) is 24.4 Å². The van der Waals surface area contributed by atoms with Crippen molar-refractivity contribution in [3.8, 4) is 5.75 Å². The van der Waals surface area contributed by atoms with Crippen molar-refractivity contribution < 1.29 is 9.53 Å². The Labute approximate surface area is 166 Å². The summed E-state index contributed by atoms with van der Waals surface area (Å²) in [5, 5.41) is 3.18. The zero-order chi connectivity index (χ0) is 19.5. The molecule has 148 valence electrons. The number of pyridine rings is 2. The number of nitrogens with one attached hydrogen (secondary N) is 1. The maximum Gasteiger partial charge on any atom is 0.270 e. The predicted octanol–water partition coefficient (Wildman–Crippen LogP) is 3.27. The first-order chi connectivity index (χ1) is 13.6. The van der Waals surface area contributed by atoms with E-state index in [0.29, 0.717) is 18.7 Å². The van der Waals surface area contributed by atoms with Gasteiger partial charge in [0.2, 0.25) is 0 Å². The standard InChI is InChI=1S/C22H28N4O2/c1-15-8-9-16(14-23-15)12-17-13-19(22(27)24-18-6-4-3-5-7-18)25-21-20(17)28-11-10-26(21)2/h8-9,13-14,18H,3-7,10-12H2,1-2H3,(H,24,27). The van der Waals surface area contributed by atoms with Crippen LogP contribution in [0.2, 0.25) is 0 Å². The number of nitrogens with zero attached hydrogens (tertiary/aromatic N) is 3. The second-order valence-electron chi connectivity index (χ2n) is 7.88. The summed E-state index contributed by atoms with van der Waals surface area (Å²) in [5.74, 6) is 1.44. The molecule has 4 rings (SSSR count). The molecule has 1 amide bonds. The van der Waals surface area contributed by atoms with E-state index in [0.717, 1.165) is 47.8 Å². The zero-order valence-electron chi connectivity index (χ0n) is 16.7. The molecule has 1 saturated carbocycles. The molecular formula is C22H28N4O2. The second kappa shape index (κ2) is 8.17. The second-order valence-corrected chi connectivity index (χ2v) is 7.88. The molecule has 0 atom stereocenters. The van der Waals surface area contributed by atoms with Crippen molar-refractivity contribution >= 4 is 11.7 Å². The van der Waals surface area contributed by atoms with Gasteiger partial charge >= 0.3 is 0 Å². The van der Waals surface area contributed by atoms with Crippen LogP contribution in [0.3, 0.4) is 0 Å². The number of aryl methyl sites for hydroxylation is 1. The quantitative estimate of drug-likeness (QED) is 0.882. The molecular weight excluding hydrogens is 352 g/mol. The van der Waals surface area contributed by atoms with Crippen LogP contribution in [-0.4, -0.2) is 42.1 Å². The minimum absolute atomic E-state index is 0.0862. The number of amides is 1. The number of aromatic nitrogens is 2. The maximum atomic E-state index is 12.9. The van der Waals surface area contributed by atoms with E-state index in [1.807, 2.05) is 32.3 Å². The number of fused-ring (bicyclic) bond motifs is 1. The Morgan fingerprint density at radius 1 is 1.29 bits per heavy atom. The van der Waals surface area contributed by atoms with Crippen LogP contribution >= 0.6 is 0 Å². The van der Waals surface area contributed by atoms with Crippen LogP contribution in [0, 0.1) is 6.92 Å². The highest BCUT2D eigenvalue weighted by Crippen LogP contribution is 2.34. The topological polar surface area (TPSA) is 67.3 Å². The molecule has 3 heterocycles. The van der Waals surface area contributed by atoms with Crippen molar-refractivity contribution in [1.82, 2.24) is 15.3 Å². The number of likely N-dealkylation sites (N-methyl/N-ethyl adjacent to an activating group) is 1. The van der Waals surface area contributed by atoms with Gasteiger partial charge in [-0.2, -0.15) is 0 Å². The van der Waals surface area contributed by atoms with Crippen molar-refractivity contribution in [3.05, 3.63) is 46.9 Å². The average Bonchev–Trinajstić information content (AvgIpc) is 2.71. The van der Waals surface area contributed by atoms with Gasteiger partial charge in [0.05, 0.1) is 6.54 Å². The minimum Gasteiger partial charge on any atom is -0.488 e. The number of hydrogen-bond acceptors (Lipinski definition) is 5. The molecule has 0 unspecified atom stereocenters. The molecule has 28 heavy (non-hydrogen) atoms. The number of carbonyl (C=O) groups is 1. The minimum atomic E-state index is -0.0862. The third-order valence-corrected chi connectivity index (χ3v) is 5.61. The highest BCUT2D eigenvalue weighted by molar-refractivity contribution is 5.93. The van der Waals surface area contributed by atoms with Gasteiger partial charge in [-0.15, -0.1) is 0 Å². The van der Waals surface area contributed by atoms with Gasteiger partial charge in [-0.05, 0) is 37.5 Å². The first-order valence-corrected chi connectivity index (χ1v) is 10.2. The molecule has 0 spiro atoms. The Balaban J connectivity index is 1.64. The summed E-state index contributed by atoms with van der Waals surface area (Å²) in [6, 6.07) is 6.23. The van der Waals surface area contributed by atoms with Crippen molar-refractivity contribution in [2.24, 2.45) is 0 Å². The van der Waals surface area contributed by atoms with Gasteiger partial charge in [0.25, 0.3) is 5.91 Å². The number of hydrogen-bond donors (Lipinski definition) is 1. The van der Waals surface area contributed by atoms with E-state index in [9.17, 15) is 4.79 Å². The van der Waals surface area contributed by atoms with Gasteiger partial charge in [-0.3, -0.25) is 9.78 Å². The third-order valence-electron chi connectivity index (χ3n) is 5.61. The summed E-state index contributed by atoms with van der Waals surface area (Å²) in [7, 11) is 1.99. The van der Waals surface area contributed by atoms with E-state index in [4.69, 9.17) is 4.74 Å². The molecule has 0 bridgehead atoms. The third kappa shape index (κ3) is 4.11. The maximum absolute atomic E-state index is 12.9. The number of rotatable bonds is 4. The van der Waals surface area contributed by atoms with Crippen LogP contribution in [-0.2, 0) is 6.42 Å². The van der Waals surface area contributed by atoms with Crippen LogP contribution in [0.1, 0.15) is 59.4 Å². The van der Waals surface area contributed by atoms with Crippen LogP contribution in [0.25, 0.3) is 0 Å². The number of carbonyl (C=O) groups excluding carboxylic acids is 1. The number of anilines is 1. The summed E-state index contributed by atoms with van der Waals surface area (Å²) in [5.41, 5.74) is 3.53. The van der Waals surface area contributed by atoms with Crippen LogP contribution in [0.5, 0.6) is 5.75 Å². The van der Waals surface area contributed by atoms with E-state index in [1.54, 1.807) is 0 Å². The summed E-state index contributed by atoms with van der Waals surface area (Å²) in [4.78, 5) is 24.0. The molecule has 0 aromatic carbocycles. The molecule has 2 aromatic rings. The molecule has 2 aromatic heterocycles. The molecule has 1 aliphatic heterocycles. The lowest BCUT2D eigenvalue weighted by Gasteiger charge is -2.29. The fraction of sp³-hybridized carbons (Fsp3) is 0.500. The highest BCUT2D eigenvalue weighted by atomic mass is 16.5. The lowest BCUT2D eigenvalue weighted by molar-refractivity contribution is 0.0922. The van der Waals surface area contributed by atoms with E-state index >= 15 is 0 Å². The molecule has 1 N–H and O–H groups in total. The van der Waals surface area contributed by atoms with Crippen molar-refractivity contribution in [3.63, 3.8) is 0 Å². The average molecular weight is 380 g/mol. The van der Waals surface area contributed by atoms with Gasteiger partial charge < -0.3 is 15.0 Å². The summed E-state index contributed by atoms with van der Waals surface area (Å²) < 4.78 is 5.95. The summed E-state index contributed by atoms with van der Waals surface area (Å²) in [6.07, 6.45) is 8.30. The smallest absolute Gasteiger partial charge is 0.270 e. The van der Waals surface area contributed by atoms with Crippen LogP contribution in [0.4, 0.5) is 5.82 Å². The molecule has 1 aliphatic carbocycles. The molecule has 0 radical (unpaired) electrons. The van der Waals surface area contributed by atoms with Crippen molar-refractivity contribution in [1.29, 1.82) is 0 Å². The summed E-state index contributed by atoms with van der Waals surface area (Å²) >= 11 is 0. The van der Waals surface area contributed by atoms with Crippen molar-refractivity contribution in [2.45, 2.75) is 51.5 Å². The molecule has 6 nitrogen and oxygen atoms in total. The Morgan fingerprint density at radius 2 is 2.11 bits per heavy atom. The van der Waals surface area contributed by atoms with E-state index in [2.05, 4.69) is 26.3 Å². The molecule has 2 aliphatic rings. The van der Waals surface area contributed by atoms with Crippen molar-refractivity contribution in [2.75, 3.05) is 25.1 Å². The molecule has 0 saturated heterocycles. The monoisotopic (exact) mass is 380 g/mol. The molecule has 1 fully saturated rings. The van der Waals surface area contributed by atoms with Gasteiger partial charge in [0.15, 0.2) is 11.6 Å². The van der Waals surface area contributed by atoms with Crippen LogP contribution < -0.4 is 15.0 Å². The van der Waals surface area contributed by atoms with Gasteiger partial charge in [0.1, 0.15) is 12.3 Å². The predicted molar refractivity (Wildman–Crippen MR) is 109 cm³/mol. The lowest BCUT2D eigenvalue weighted by Crippen LogP contribution is -2.37. The summed E-state index contributed by atoms with van der Waals surface area (Å²) in [6.45, 7) is 3.36. The SMILES string of the molecule is Cc1ccc(Cc2cc(C(=O)NC3CCCCC3)nc3c2OCCN3C)cn1. The van der Waals surface area contributed by atoms with Gasteiger partial charge in [0, 0.05) is 37.0 Å². The normalized spacial score (nSPS) is 17.0. The van der Waals surface area contributed by atoms with Gasteiger partial charge in [-0.1, -0.05) is 25.3 Å². The Hall–Kier alpha value is -2.63. The Bertz CT molecular complexity index is 844. The fourth-order valence-corrected chi connectivity index (χ4v) is 3.95. The Morgan fingerprint density at radius 3 is 2.86 bits per heavy atom. The first kappa shape index (κ1) is 18.7. The van der Waals surface area contributed by atoms with E-state index in [-0.39, 0.29) is 11.9 Å². The van der Waals surface area contributed by atoms with E-state index in [1.165, 1.54) is 19.3 Å².